The molecule has 2 saturated heterocycles. The van der Waals surface area contributed by atoms with Gasteiger partial charge in [-0.05, 0) is 19.8 Å². The van der Waals surface area contributed by atoms with E-state index in [1.807, 2.05) is 11.8 Å². The summed E-state index contributed by atoms with van der Waals surface area (Å²) < 4.78 is 5.56. The van der Waals surface area contributed by atoms with Crippen molar-refractivity contribution in [1.29, 1.82) is 0 Å². The van der Waals surface area contributed by atoms with Crippen LogP contribution in [0.2, 0.25) is 0 Å². The second-order valence-electron chi connectivity index (χ2n) is 3.86. The van der Waals surface area contributed by atoms with E-state index in [0.717, 1.165) is 12.8 Å². The predicted octanol–water partition coefficient (Wildman–Crippen LogP) is 0.990. The Labute approximate surface area is 72.7 Å². The van der Waals surface area contributed by atoms with Crippen molar-refractivity contribution >= 4 is 5.91 Å². The summed E-state index contributed by atoms with van der Waals surface area (Å²) >= 11 is 0. The first-order valence-electron chi connectivity index (χ1n) is 4.64. The first kappa shape index (κ1) is 8.05. The summed E-state index contributed by atoms with van der Waals surface area (Å²) in [7, 11) is 0. The number of ether oxygens (including phenoxy) is 1. The highest BCUT2D eigenvalue weighted by molar-refractivity contribution is 5.80. The highest BCUT2D eigenvalue weighted by Gasteiger charge is 2.40. The van der Waals surface area contributed by atoms with Crippen LogP contribution in [0.15, 0.2) is 0 Å². The molecule has 68 valence electrons. The molecule has 0 N–H and O–H groups in total. The number of nitrogens with zero attached hydrogens (tertiary/aromatic N) is 1. The summed E-state index contributed by atoms with van der Waals surface area (Å²) in [5.41, 5.74) is 0. The smallest absolute Gasteiger partial charge is 0.230 e. The van der Waals surface area contributed by atoms with E-state index in [9.17, 15) is 4.79 Å². The van der Waals surface area contributed by atoms with Gasteiger partial charge in [-0.1, -0.05) is 6.92 Å². The van der Waals surface area contributed by atoms with Gasteiger partial charge in [0.2, 0.25) is 5.91 Å². The molecule has 0 saturated carbocycles. The average Bonchev–Trinajstić information content (AvgIpc) is 2.41. The monoisotopic (exact) mass is 169 g/mol. The summed E-state index contributed by atoms with van der Waals surface area (Å²) in [4.78, 5) is 13.6. The van der Waals surface area contributed by atoms with Crippen LogP contribution >= 0.6 is 0 Å². The highest BCUT2D eigenvalue weighted by atomic mass is 16.5. The van der Waals surface area contributed by atoms with Crippen molar-refractivity contribution in [3.63, 3.8) is 0 Å². The molecule has 2 rings (SSSR count). The molecule has 2 aliphatic heterocycles. The van der Waals surface area contributed by atoms with Gasteiger partial charge in [0.25, 0.3) is 0 Å². The quantitative estimate of drug-likeness (QED) is 0.541. The van der Waals surface area contributed by atoms with Crippen LogP contribution in [0.3, 0.4) is 0 Å². The fourth-order valence-electron chi connectivity index (χ4n) is 2.05. The normalized spacial score (nSPS) is 41.7. The summed E-state index contributed by atoms with van der Waals surface area (Å²) in [5, 5.41) is 0. The molecule has 0 bridgehead atoms. The lowest BCUT2D eigenvalue weighted by Gasteiger charge is -2.35. The first-order chi connectivity index (χ1) is 5.70. The van der Waals surface area contributed by atoms with Crippen LogP contribution in [-0.4, -0.2) is 29.7 Å². The van der Waals surface area contributed by atoms with Crippen molar-refractivity contribution in [2.24, 2.45) is 5.92 Å². The molecule has 0 aromatic heterocycles. The molecule has 3 atom stereocenters. The SMILES string of the molecule is CC1CCC2OC[C@H](C)C(=O)N12. The van der Waals surface area contributed by atoms with Crippen molar-refractivity contribution < 1.29 is 9.53 Å². The molecule has 12 heavy (non-hydrogen) atoms. The van der Waals surface area contributed by atoms with Crippen LogP contribution in [0.1, 0.15) is 26.7 Å². The van der Waals surface area contributed by atoms with Crippen LogP contribution in [-0.2, 0) is 9.53 Å². The number of carbonyl (C=O) groups is 1. The fraction of sp³-hybridized carbons (Fsp3) is 0.889. The molecular weight excluding hydrogens is 154 g/mol. The van der Waals surface area contributed by atoms with Crippen molar-refractivity contribution in [3.05, 3.63) is 0 Å². The van der Waals surface area contributed by atoms with Gasteiger partial charge in [-0.25, -0.2) is 0 Å². The second-order valence-corrected chi connectivity index (χ2v) is 3.86. The molecule has 2 fully saturated rings. The van der Waals surface area contributed by atoms with Gasteiger partial charge >= 0.3 is 0 Å². The van der Waals surface area contributed by atoms with Crippen LogP contribution in [0.25, 0.3) is 0 Å². The van der Waals surface area contributed by atoms with Crippen molar-refractivity contribution in [1.82, 2.24) is 4.90 Å². The lowest BCUT2D eigenvalue weighted by Crippen LogP contribution is -2.49. The topological polar surface area (TPSA) is 29.5 Å². The van der Waals surface area contributed by atoms with E-state index in [4.69, 9.17) is 4.74 Å². The maximum Gasteiger partial charge on any atom is 0.230 e. The second kappa shape index (κ2) is 2.73. The summed E-state index contributed by atoms with van der Waals surface area (Å²) in [6.45, 7) is 4.63. The third-order valence-electron chi connectivity index (χ3n) is 2.83. The van der Waals surface area contributed by atoms with Gasteiger partial charge in [0, 0.05) is 6.04 Å². The molecule has 0 radical (unpaired) electrons. The van der Waals surface area contributed by atoms with E-state index in [1.165, 1.54) is 0 Å². The Morgan fingerprint density at radius 3 is 2.92 bits per heavy atom. The maximum absolute atomic E-state index is 11.7. The van der Waals surface area contributed by atoms with Gasteiger partial charge in [-0.15, -0.1) is 0 Å². The summed E-state index contributed by atoms with van der Waals surface area (Å²) in [5.74, 6) is 0.332. The van der Waals surface area contributed by atoms with Gasteiger partial charge in [0.15, 0.2) is 0 Å². The number of hydrogen-bond donors (Lipinski definition) is 0. The lowest BCUT2D eigenvalue weighted by atomic mass is 10.1. The molecule has 3 nitrogen and oxygen atoms in total. The Bertz CT molecular complexity index is 205. The molecule has 2 unspecified atom stereocenters. The molecule has 0 aromatic rings. The molecule has 2 heterocycles. The number of rotatable bonds is 0. The Morgan fingerprint density at radius 1 is 1.42 bits per heavy atom. The zero-order valence-corrected chi connectivity index (χ0v) is 7.62. The minimum absolute atomic E-state index is 0.0572. The molecular formula is C9H15NO2. The fourth-order valence-corrected chi connectivity index (χ4v) is 2.05. The minimum Gasteiger partial charge on any atom is -0.357 e. The van der Waals surface area contributed by atoms with Crippen molar-refractivity contribution in [2.75, 3.05) is 6.61 Å². The van der Waals surface area contributed by atoms with Gasteiger partial charge in [0.1, 0.15) is 6.23 Å². The molecule has 1 amide bonds. The third-order valence-corrected chi connectivity index (χ3v) is 2.83. The van der Waals surface area contributed by atoms with Crippen LogP contribution in [0, 0.1) is 5.92 Å². The minimum atomic E-state index is 0.0572. The van der Waals surface area contributed by atoms with Gasteiger partial charge in [0.05, 0.1) is 12.5 Å². The van der Waals surface area contributed by atoms with Crippen LogP contribution < -0.4 is 0 Å². The molecule has 3 heteroatoms. The van der Waals surface area contributed by atoms with Crippen LogP contribution in [0.5, 0.6) is 0 Å². The Hall–Kier alpha value is -0.570. The number of fused-ring (bicyclic) bond motifs is 1. The van der Waals surface area contributed by atoms with Crippen LogP contribution in [0.4, 0.5) is 0 Å². The van der Waals surface area contributed by atoms with Crippen molar-refractivity contribution in [3.8, 4) is 0 Å². The standard InChI is InChI=1S/C9H15NO2/c1-6-5-12-8-4-3-7(2)10(8)9(6)11/h6-8H,3-5H2,1-2H3/t6-,7?,8?/m0/s1. The Morgan fingerprint density at radius 2 is 2.17 bits per heavy atom. The maximum atomic E-state index is 11.7. The molecule has 0 aromatic carbocycles. The van der Waals surface area contributed by atoms with Gasteiger partial charge in [-0.2, -0.15) is 0 Å². The number of hydrogen-bond acceptors (Lipinski definition) is 2. The van der Waals surface area contributed by atoms with E-state index in [0.29, 0.717) is 12.6 Å². The van der Waals surface area contributed by atoms with E-state index in [2.05, 4.69) is 6.92 Å². The average molecular weight is 169 g/mol. The summed E-state index contributed by atoms with van der Waals surface area (Å²) in [6, 6.07) is 0.380. The molecule has 2 aliphatic rings. The third kappa shape index (κ3) is 1.04. The number of carbonyl (C=O) groups excluding carboxylic acids is 1. The van der Waals surface area contributed by atoms with Gasteiger partial charge in [-0.3, -0.25) is 4.79 Å². The number of amides is 1. The van der Waals surface area contributed by atoms with Crippen molar-refractivity contribution in [2.45, 2.75) is 39.0 Å². The Kier molecular flexibility index (Phi) is 1.83. The first-order valence-corrected chi connectivity index (χ1v) is 4.64. The van der Waals surface area contributed by atoms with E-state index in [1.54, 1.807) is 0 Å². The predicted molar refractivity (Wildman–Crippen MR) is 44.4 cm³/mol. The zero-order chi connectivity index (χ0) is 8.72. The molecule has 0 spiro atoms. The van der Waals surface area contributed by atoms with Gasteiger partial charge < -0.3 is 9.64 Å². The zero-order valence-electron chi connectivity index (χ0n) is 7.62. The van der Waals surface area contributed by atoms with E-state index >= 15 is 0 Å². The van der Waals surface area contributed by atoms with E-state index < -0.39 is 0 Å². The molecule has 0 aliphatic carbocycles. The summed E-state index contributed by atoms with van der Waals surface area (Å²) in [6.07, 6.45) is 2.19. The lowest BCUT2D eigenvalue weighted by molar-refractivity contribution is -0.166. The Balaban J connectivity index is 2.17. The largest absolute Gasteiger partial charge is 0.357 e. The highest BCUT2D eigenvalue weighted by Crippen LogP contribution is 2.30. The van der Waals surface area contributed by atoms with E-state index in [-0.39, 0.29) is 18.1 Å².